The maximum atomic E-state index is 12.5. The number of nitro benzene ring substituents is 1. The molecule has 4 rings (SSSR count). The van der Waals surface area contributed by atoms with E-state index in [4.69, 9.17) is 4.74 Å². The minimum atomic E-state index is -0.830. The van der Waals surface area contributed by atoms with Gasteiger partial charge in [0.25, 0.3) is 23.4 Å². The Kier molecular flexibility index (Phi) is 6.16. The number of benzene rings is 2. The summed E-state index contributed by atoms with van der Waals surface area (Å²) < 4.78 is 4.99. The number of rotatable bonds is 7. The molecule has 1 heterocycles. The number of nitro groups is 1. The first kappa shape index (κ1) is 22.1. The van der Waals surface area contributed by atoms with Crippen molar-refractivity contribution in [2.24, 2.45) is 0 Å². The van der Waals surface area contributed by atoms with E-state index in [1.165, 1.54) is 17.7 Å². The first-order chi connectivity index (χ1) is 15.9. The number of carbonyl (C=O) groups is 4. The fraction of sp³-hybridized carbons (Fsp3) is 0.304. The van der Waals surface area contributed by atoms with Crippen molar-refractivity contribution in [3.63, 3.8) is 0 Å². The van der Waals surface area contributed by atoms with Crippen molar-refractivity contribution in [3.05, 3.63) is 74.8 Å². The van der Waals surface area contributed by atoms with E-state index in [1.54, 1.807) is 0 Å². The number of ether oxygens (including phenoxy) is 1. The van der Waals surface area contributed by atoms with Gasteiger partial charge >= 0.3 is 5.97 Å². The molecule has 0 saturated heterocycles. The lowest BCUT2D eigenvalue weighted by Crippen LogP contribution is -2.35. The van der Waals surface area contributed by atoms with Gasteiger partial charge in [0.2, 0.25) is 0 Å². The Morgan fingerprint density at radius 1 is 1.12 bits per heavy atom. The summed E-state index contributed by atoms with van der Waals surface area (Å²) in [4.78, 5) is 60.5. The summed E-state index contributed by atoms with van der Waals surface area (Å²) in [5.41, 5.74) is 1.43. The van der Waals surface area contributed by atoms with E-state index in [2.05, 4.69) is 5.32 Å². The zero-order valence-electron chi connectivity index (χ0n) is 17.6. The van der Waals surface area contributed by atoms with Gasteiger partial charge in [-0.15, -0.1) is 0 Å². The Bertz CT molecular complexity index is 1160. The molecule has 0 saturated carbocycles. The normalized spacial score (nSPS) is 16.7. The quantitative estimate of drug-likeness (QED) is 0.295. The fourth-order valence-electron chi connectivity index (χ4n) is 4.23. The highest BCUT2D eigenvalue weighted by atomic mass is 16.6. The van der Waals surface area contributed by atoms with Crippen LogP contribution in [0.15, 0.2) is 42.5 Å². The van der Waals surface area contributed by atoms with Crippen molar-refractivity contribution in [1.82, 2.24) is 10.2 Å². The lowest BCUT2D eigenvalue weighted by Gasteiger charge is -2.26. The number of fused-ring (bicyclic) bond motifs is 2. The molecule has 0 fully saturated rings. The molecule has 1 atom stereocenters. The molecule has 170 valence electrons. The highest BCUT2D eigenvalue weighted by molar-refractivity contribution is 6.23. The van der Waals surface area contributed by atoms with Crippen LogP contribution in [-0.2, 0) is 20.7 Å². The van der Waals surface area contributed by atoms with E-state index < -0.39 is 40.9 Å². The number of aryl methyl sites for hydroxylation is 1. The average Bonchev–Trinajstić information content (AvgIpc) is 3.06. The van der Waals surface area contributed by atoms with Gasteiger partial charge < -0.3 is 10.1 Å². The zero-order chi connectivity index (χ0) is 23.5. The molecule has 2 aliphatic rings. The number of hydrogen-bond donors (Lipinski definition) is 1. The maximum Gasteiger partial charge on any atom is 0.308 e. The highest BCUT2D eigenvalue weighted by Crippen LogP contribution is 2.31. The summed E-state index contributed by atoms with van der Waals surface area (Å²) >= 11 is 0. The first-order valence-electron chi connectivity index (χ1n) is 10.5. The van der Waals surface area contributed by atoms with Crippen LogP contribution in [0.25, 0.3) is 0 Å². The van der Waals surface area contributed by atoms with E-state index in [0.29, 0.717) is 0 Å². The van der Waals surface area contributed by atoms with Crippen LogP contribution in [0, 0.1) is 10.1 Å². The van der Waals surface area contributed by atoms with E-state index in [1.807, 2.05) is 24.3 Å². The molecule has 10 nitrogen and oxygen atoms in total. The van der Waals surface area contributed by atoms with Crippen molar-refractivity contribution in [2.45, 2.75) is 31.7 Å². The number of carbonyl (C=O) groups excluding carboxylic acids is 4. The third kappa shape index (κ3) is 4.45. The van der Waals surface area contributed by atoms with Gasteiger partial charge in [-0.3, -0.25) is 34.2 Å². The molecule has 0 radical (unpaired) electrons. The molecule has 1 N–H and O–H groups in total. The minimum absolute atomic E-state index is 0.0743. The molecule has 33 heavy (non-hydrogen) atoms. The van der Waals surface area contributed by atoms with Gasteiger partial charge in [0.15, 0.2) is 6.61 Å². The minimum Gasteiger partial charge on any atom is -0.456 e. The summed E-state index contributed by atoms with van der Waals surface area (Å²) in [5, 5.41) is 14.0. The lowest BCUT2D eigenvalue weighted by atomic mass is 9.88. The molecule has 0 aromatic heterocycles. The third-order valence-electron chi connectivity index (χ3n) is 5.78. The molecule has 0 spiro atoms. The SMILES string of the molecule is O=C(COC(=O)CCN1C(=O)c2cccc([N+](=O)[O-])c2C1=O)N[C@@H]1CCCc2ccccc21. The monoisotopic (exact) mass is 451 g/mol. The Balaban J connectivity index is 1.29. The number of imide groups is 1. The van der Waals surface area contributed by atoms with Crippen LogP contribution >= 0.6 is 0 Å². The number of hydrogen-bond acceptors (Lipinski definition) is 7. The Labute approximate surface area is 188 Å². The van der Waals surface area contributed by atoms with E-state index >= 15 is 0 Å². The van der Waals surface area contributed by atoms with Crippen molar-refractivity contribution in [2.75, 3.05) is 13.2 Å². The summed E-state index contributed by atoms with van der Waals surface area (Å²) in [6, 6.07) is 11.5. The van der Waals surface area contributed by atoms with Crippen molar-refractivity contribution in [3.8, 4) is 0 Å². The van der Waals surface area contributed by atoms with Crippen LogP contribution in [0.5, 0.6) is 0 Å². The van der Waals surface area contributed by atoms with Crippen LogP contribution in [0.3, 0.4) is 0 Å². The van der Waals surface area contributed by atoms with Crippen LogP contribution in [-0.4, -0.2) is 46.7 Å². The van der Waals surface area contributed by atoms with Crippen LogP contribution < -0.4 is 5.32 Å². The molecule has 3 amide bonds. The van der Waals surface area contributed by atoms with Crippen molar-refractivity contribution in [1.29, 1.82) is 0 Å². The summed E-state index contributed by atoms with van der Waals surface area (Å²) in [5.74, 6) is -2.74. The van der Waals surface area contributed by atoms with Crippen LogP contribution in [0.1, 0.15) is 57.1 Å². The predicted molar refractivity (Wildman–Crippen MR) is 114 cm³/mol. The maximum absolute atomic E-state index is 12.5. The summed E-state index contributed by atoms with van der Waals surface area (Å²) in [6.07, 6.45) is 2.36. The van der Waals surface area contributed by atoms with Gasteiger partial charge in [0.05, 0.1) is 22.9 Å². The van der Waals surface area contributed by atoms with Gasteiger partial charge in [-0.05, 0) is 36.5 Å². The molecule has 2 aromatic rings. The molecule has 2 aromatic carbocycles. The van der Waals surface area contributed by atoms with Crippen LogP contribution in [0.4, 0.5) is 5.69 Å². The molecule has 0 unspecified atom stereocenters. The first-order valence-corrected chi connectivity index (χ1v) is 10.5. The molecule has 10 heteroatoms. The number of amides is 3. The molecular formula is C23H21N3O7. The van der Waals surface area contributed by atoms with Crippen molar-refractivity contribution < 1.29 is 28.8 Å². The Hall–Kier alpha value is -4.08. The second-order valence-corrected chi connectivity index (χ2v) is 7.84. The fourth-order valence-corrected chi connectivity index (χ4v) is 4.23. The number of nitrogens with one attached hydrogen (secondary N) is 1. The highest BCUT2D eigenvalue weighted by Gasteiger charge is 2.40. The topological polar surface area (TPSA) is 136 Å². The van der Waals surface area contributed by atoms with Crippen LogP contribution in [0.2, 0.25) is 0 Å². The Morgan fingerprint density at radius 3 is 2.70 bits per heavy atom. The van der Waals surface area contributed by atoms with Gasteiger partial charge in [0, 0.05) is 12.6 Å². The zero-order valence-corrected chi connectivity index (χ0v) is 17.6. The van der Waals surface area contributed by atoms with Gasteiger partial charge in [-0.1, -0.05) is 30.3 Å². The molecule has 1 aliphatic carbocycles. The predicted octanol–water partition coefficient (Wildman–Crippen LogP) is 2.32. The molecule has 0 bridgehead atoms. The molecular weight excluding hydrogens is 430 g/mol. The lowest BCUT2D eigenvalue weighted by molar-refractivity contribution is -0.385. The molecule has 1 aliphatic heterocycles. The second kappa shape index (κ2) is 9.19. The average molecular weight is 451 g/mol. The largest absolute Gasteiger partial charge is 0.456 e. The number of nitrogens with zero attached hydrogens (tertiary/aromatic N) is 2. The van der Waals surface area contributed by atoms with Gasteiger partial charge in [0.1, 0.15) is 5.56 Å². The van der Waals surface area contributed by atoms with E-state index in [0.717, 1.165) is 35.8 Å². The smallest absolute Gasteiger partial charge is 0.308 e. The second-order valence-electron chi connectivity index (χ2n) is 7.84. The summed E-state index contributed by atoms with van der Waals surface area (Å²) in [7, 11) is 0. The van der Waals surface area contributed by atoms with Gasteiger partial charge in [-0.2, -0.15) is 0 Å². The van der Waals surface area contributed by atoms with Crippen molar-refractivity contribution >= 4 is 29.4 Å². The Morgan fingerprint density at radius 2 is 1.91 bits per heavy atom. The van der Waals surface area contributed by atoms with E-state index in [-0.39, 0.29) is 30.1 Å². The summed E-state index contributed by atoms with van der Waals surface area (Å²) in [6.45, 7) is -0.787. The van der Waals surface area contributed by atoms with E-state index in [9.17, 15) is 29.3 Å². The number of esters is 1. The third-order valence-corrected chi connectivity index (χ3v) is 5.78. The van der Waals surface area contributed by atoms with Gasteiger partial charge in [-0.25, -0.2) is 0 Å². The standard InChI is InChI=1S/C23H21N3O7/c27-19(24-17-9-3-6-14-5-1-2-7-15(14)17)13-33-20(28)11-12-25-22(29)16-8-4-10-18(26(31)32)21(16)23(25)30/h1-2,4-5,7-8,10,17H,3,6,9,11-13H2,(H,24,27)/t17-/m1/s1.